The second kappa shape index (κ2) is 17.3. The van der Waals surface area contributed by atoms with Crippen LogP contribution in [0.1, 0.15) is 113 Å². The number of halogens is 1. The van der Waals surface area contributed by atoms with E-state index in [1.807, 2.05) is 31.2 Å². The molecule has 0 saturated carbocycles. The number of carboxylic acid groups (broad SMARTS) is 1. The first-order chi connectivity index (χ1) is 32.3. The van der Waals surface area contributed by atoms with E-state index in [0.717, 1.165) is 49.5 Å². The number of methoxy groups -OCH3 is 1. The highest BCUT2D eigenvalue weighted by Crippen LogP contribution is 2.45. The van der Waals surface area contributed by atoms with Crippen molar-refractivity contribution in [2.24, 2.45) is 4.99 Å². The van der Waals surface area contributed by atoms with Crippen LogP contribution in [0.3, 0.4) is 0 Å². The molecule has 0 atom stereocenters. The lowest BCUT2D eigenvalue weighted by Gasteiger charge is -2.33. The topological polar surface area (TPSA) is 160 Å². The van der Waals surface area contributed by atoms with Gasteiger partial charge in [0.05, 0.1) is 41.0 Å². The standard InChI is InChI=1S/C55H52ClN5O7/c1-29-27-54(4,5)59-44-25-47-42(22-37(29)44)50(43-23-38-30(2)28-55(6,7)60-45(38)26-48(43)68-47)36-16-12-33(20-41(36)53(65)66)51(63)58-19-9-18-57-49(62)24-39-31(3)61(46-17-15-35(67-8)21-40(39)46)52(64)32-10-13-34(56)14-11-32/h10-17,20-23,25-28,59H,9,18-19,24H2,1-8H3,(H,57,62)(H,58,63)(H,65,66). The van der Waals surface area contributed by atoms with Gasteiger partial charge >= 0.3 is 5.97 Å². The number of amides is 2. The van der Waals surface area contributed by atoms with Gasteiger partial charge < -0.3 is 30.5 Å². The number of nitrogens with one attached hydrogen (secondary N) is 3. The average Bonchev–Trinajstić information content (AvgIpc) is 3.55. The van der Waals surface area contributed by atoms with Crippen molar-refractivity contribution in [3.05, 3.63) is 163 Å². The lowest BCUT2D eigenvalue weighted by atomic mass is 9.84. The Morgan fingerprint density at radius 1 is 0.794 bits per heavy atom. The minimum absolute atomic E-state index is 0.00724. The van der Waals surface area contributed by atoms with Crippen molar-refractivity contribution in [1.29, 1.82) is 0 Å². The van der Waals surface area contributed by atoms with Crippen molar-refractivity contribution in [2.45, 2.75) is 72.4 Å². The van der Waals surface area contributed by atoms with E-state index >= 15 is 0 Å². The number of aromatic nitrogens is 1. The minimum Gasteiger partial charge on any atom is -0.497 e. The quantitative estimate of drug-likeness (QED) is 0.0935. The molecule has 3 aliphatic rings. The van der Waals surface area contributed by atoms with Crippen LogP contribution in [0, 0.1) is 6.92 Å². The molecule has 9 rings (SSSR count). The lowest BCUT2D eigenvalue weighted by molar-refractivity contribution is -0.120. The number of ether oxygens (including phenoxy) is 2. The fraction of sp³-hybridized carbons (Fsp3) is 0.255. The van der Waals surface area contributed by atoms with Crippen LogP contribution in [0.15, 0.2) is 102 Å². The van der Waals surface area contributed by atoms with E-state index < -0.39 is 17.4 Å². The van der Waals surface area contributed by atoms with Crippen LogP contribution in [0.25, 0.3) is 27.6 Å². The Bertz CT molecular complexity index is 3360. The average molecular weight is 931 g/mol. The first-order valence-electron chi connectivity index (χ1n) is 22.5. The maximum Gasteiger partial charge on any atom is 0.336 e. The number of anilines is 1. The molecular weight excluding hydrogens is 878 g/mol. The van der Waals surface area contributed by atoms with Gasteiger partial charge in [-0.2, -0.15) is 0 Å². The molecule has 68 heavy (non-hydrogen) atoms. The Labute approximate surface area is 399 Å². The van der Waals surface area contributed by atoms with Crippen molar-refractivity contribution < 1.29 is 33.8 Å². The number of fused-ring (bicyclic) bond motifs is 5. The summed E-state index contributed by atoms with van der Waals surface area (Å²) >= 11 is 6.08. The number of nitrogens with zero attached hydrogens (tertiary/aromatic N) is 2. The zero-order chi connectivity index (χ0) is 48.4. The number of rotatable bonds is 11. The SMILES string of the molecule is COc1ccc2c(c1)c(CC(=O)NCCCNC(=O)c1ccc(C3=c4cc5c(cc4Oc4cc6c(cc43)C(C)=CC(C)(C)N6)=NC(C)(C)C=C5C)c(C(=O)O)c1)c(C)n2C(=O)c1ccc(Cl)cc1. The van der Waals surface area contributed by atoms with E-state index in [9.17, 15) is 24.3 Å². The maximum absolute atomic E-state index is 13.7. The van der Waals surface area contributed by atoms with Crippen LogP contribution in [-0.2, 0) is 11.2 Å². The summed E-state index contributed by atoms with van der Waals surface area (Å²) in [5.74, 6) is -0.425. The van der Waals surface area contributed by atoms with Gasteiger partial charge in [-0.1, -0.05) is 29.8 Å². The molecular formula is C55H52ClN5O7. The number of hydrogen-bond acceptors (Lipinski definition) is 8. The summed E-state index contributed by atoms with van der Waals surface area (Å²) in [6.45, 7) is 14.7. The molecule has 4 heterocycles. The molecule has 0 fully saturated rings. The highest BCUT2D eigenvalue weighted by Gasteiger charge is 2.31. The van der Waals surface area contributed by atoms with Crippen molar-refractivity contribution >= 4 is 68.6 Å². The molecule has 6 aromatic rings. The lowest BCUT2D eigenvalue weighted by Crippen LogP contribution is -2.32. The molecule has 13 heteroatoms. The van der Waals surface area contributed by atoms with Crippen molar-refractivity contribution in [3.63, 3.8) is 0 Å². The summed E-state index contributed by atoms with van der Waals surface area (Å²) in [6.07, 6.45) is 4.70. The van der Waals surface area contributed by atoms with Gasteiger partial charge in [0.1, 0.15) is 17.2 Å². The fourth-order valence-corrected chi connectivity index (χ4v) is 9.90. The van der Waals surface area contributed by atoms with Crippen molar-refractivity contribution in [1.82, 2.24) is 15.2 Å². The molecule has 0 saturated heterocycles. The Hall–Kier alpha value is -7.44. The normalized spacial score (nSPS) is 14.9. The molecule has 346 valence electrons. The molecule has 1 aromatic heterocycles. The van der Waals surface area contributed by atoms with Crippen molar-refractivity contribution in [2.75, 3.05) is 25.5 Å². The highest BCUT2D eigenvalue weighted by atomic mass is 35.5. The van der Waals surface area contributed by atoms with Crippen LogP contribution in [-0.4, -0.2) is 64.6 Å². The summed E-state index contributed by atoms with van der Waals surface area (Å²) in [6, 6.07) is 24.8. The molecule has 0 aliphatic carbocycles. The molecule has 0 spiro atoms. The zero-order valence-electron chi connectivity index (χ0n) is 39.2. The summed E-state index contributed by atoms with van der Waals surface area (Å²) in [7, 11) is 1.56. The van der Waals surface area contributed by atoms with Crippen molar-refractivity contribution in [3.8, 4) is 17.2 Å². The zero-order valence-corrected chi connectivity index (χ0v) is 40.0. The van der Waals surface area contributed by atoms with Gasteiger partial charge in [0.15, 0.2) is 0 Å². The number of aromatic carboxylic acids is 1. The Morgan fingerprint density at radius 2 is 1.51 bits per heavy atom. The van der Waals surface area contributed by atoms with Crippen LogP contribution in [0.4, 0.5) is 5.69 Å². The molecule has 4 N–H and O–H groups in total. The van der Waals surface area contributed by atoms with E-state index in [2.05, 4.69) is 75.7 Å². The monoisotopic (exact) mass is 929 g/mol. The number of carboxylic acids is 1. The number of benzene rings is 5. The minimum atomic E-state index is -1.19. The van der Waals surface area contributed by atoms with Crippen LogP contribution in [0.5, 0.6) is 17.2 Å². The third-order valence-electron chi connectivity index (χ3n) is 12.8. The second-order valence-electron chi connectivity index (χ2n) is 18.8. The maximum atomic E-state index is 13.7. The summed E-state index contributed by atoms with van der Waals surface area (Å²) in [5.41, 5.74) is 8.65. The molecule has 0 radical (unpaired) electrons. The fourth-order valence-electron chi connectivity index (χ4n) is 9.77. The van der Waals surface area contributed by atoms with Crippen LogP contribution < -0.4 is 36.0 Å². The number of carbonyl (C=O) groups excluding carboxylic acids is 3. The summed E-state index contributed by atoms with van der Waals surface area (Å²) in [5, 5.41) is 23.0. The van der Waals surface area contributed by atoms with Gasteiger partial charge in [0.2, 0.25) is 5.91 Å². The van der Waals surface area contributed by atoms with E-state index in [0.29, 0.717) is 62.2 Å². The first-order valence-corrected chi connectivity index (χ1v) is 22.9. The smallest absolute Gasteiger partial charge is 0.336 e. The molecule has 0 unspecified atom stereocenters. The summed E-state index contributed by atoms with van der Waals surface area (Å²) in [4.78, 5) is 59.0. The number of carbonyl (C=O) groups is 4. The Morgan fingerprint density at radius 3 is 2.25 bits per heavy atom. The van der Waals surface area contributed by atoms with E-state index in [1.54, 1.807) is 60.2 Å². The third-order valence-corrected chi connectivity index (χ3v) is 13.0. The first kappa shape index (κ1) is 45.7. The third kappa shape index (κ3) is 8.56. The Kier molecular flexibility index (Phi) is 11.6. The molecule has 12 nitrogen and oxygen atoms in total. The van der Waals surface area contributed by atoms with Gasteiger partial charge in [0.25, 0.3) is 11.8 Å². The van der Waals surface area contributed by atoms with E-state index in [4.69, 9.17) is 26.1 Å². The van der Waals surface area contributed by atoms with Gasteiger partial charge in [0, 0.05) is 85.6 Å². The number of allylic oxidation sites excluding steroid dienone is 2. The molecule has 5 aromatic carbocycles. The molecule has 3 aliphatic heterocycles. The van der Waals surface area contributed by atoms with Crippen LogP contribution >= 0.6 is 11.6 Å². The molecule has 0 bridgehead atoms. The Balaban J connectivity index is 0.948. The second-order valence-corrected chi connectivity index (χ2v) is 19.2. The van der Waals surface area contributed by atoms with E-state index in [-0.39, 0.29) is 48.0 Å². The van der Waals surface area contributed by atoms with Gasteiger partial charge in [-0.3, -0.25) is 23.9 Å². The van der Waals surface area contributed by atoms with E-state index in [1.165, 1.54) is 6.07 Å². The van der Waals surface area contributed by atoms with Gasteiger partial charge in [-0.25, -0.2) is 4.79 Å². The predicted octanol–water partition coefficient (Wildman–Crippen LogP) is 9.25. The highest BCUT2D eigenvalue weighted by molar-refractivity contribution is 6.30. The molecule has 2 amide bonds. The summed E-state index contributed by atoms with van der Waals surface area (Å²) < 4.78 is 13.8. The van der Waals surface area contributed by atoms with Gasteiger partial charge in [-0.15, -0.1) is 0 Å². The largest absolute Gasteiger partial charge is 0.497 e. The van der Waals surface area contributed by atoms with Gasteiger partial charge in [-0.05, 0) is 144 Å². The van der Waals surface area contributed by atoms with Crippen LogP contribution in [0.2, 0.25) is 5.02 Å². The number of hydrogen-bond donors (Lipinski definition) is 4. The predicted molar refractivity (Wildman–Crippen MR) is 266 cm³/mol.